The van der Waals surface area contributed by atoms with E-state index in [1.54, 1.807) is 18.2 Å². The van der Waals surface area contributed by atoms with Gasteiger partial charge in [0.1, 0.15) is 12.0 Å². The predicted molar refractivity (Wildman–Crippen MR) is 132 cm³/mol. The minimum absolute atomic E-state index is 0.0222. The van der Waals surface area contributed by atoms with Crippen LogP contribution in [0.3, 0.4) is 0 Å². The molecule has 5 rings (SSSR count). The van der Waals surface area contributed by atoms with Crippen LogP contribution in [0.1, 0.15) is 28.2 Å². The van der Waals surface area contributed by atoms with E-state index in [9.17, 15) is 26.7 Å². The van der Waals surface area contributed by atoms with Crippen LogP contribution in [0.4, 0.5) is 27.6 Å². The van der Waals surface area contributed by atoms with Crippen molar-refractivity contribution in [3.05, 3.63) is 65.3 Å². The van der Waals surface area contributed by atoms with Crippen LogP contribution < -0.4 is 16.0 Å². The van der Waals surface area contributed by atoms with Crippen LogP contribution in [0.5, 0.6) is 0 Å². The maximum Gasteiger partial charge on any atom is 0.393 e. The highest BCUT2D eigenvalue weighted by Crippen LogP contribution is 2.43. The SMILES string of the molecule is O=C(NCc1nc(-c2sc3c(N[C@@H]4CCNC[C@@H]4F)cccc3c2CC(F)(F)F)no1)c1ccccc1F. The average molecular weight is 552 g/mol. The fraction of sp³-hybridized carbons (Fsp3) is 0.320. The Balaban J connectivity index is 1.44. The second-order valence-electron chi connectivity index (χ2n) is 8.82. The van der Waals surface area contributed by atoms with Gasteiger partial charge in [0.05, 0.1) is 39.8 Å². The first-order valence-electron chi connectivity index (χ1n) is 11.8. The summed E-state index contributed by atoms with van der Waals surface area (Å²) in [5, 5.41) is 12.8. The zero-order valence-corrected chi connectivity index (χ0v) is 20.6. The molecule has 13 heteroatoms. The lowest BCUT2D eigenvalue weighted by molar-refractivity contribution is -0.126. The molecule has 38 heavy (non-hydrogen) atoms. The summed E-state index contributed by atoms with van der Waals surface area (Å²) in [5.41, 5.74) is 0.331. The second kappa shape index (κ2) is 10.7. The number of nitrogens with one attached hydrogen (secondary N) is 3. The average Bonchev–Trinajstić information content (AvgIpc) is 3.49. The Morgan fingerprint density at radius 3 is 2.76 bits per heavy atom. The molecule has 1 fully saturated rings. The van der Waals surface area contributed by atoms with Gasteiger partial charge in [0.15, 0.2) is 0 Å². The lowest BCUT2D eigenvalue weighted by Crippen LogP contribution is -2.45. The lowest BCUT2D eigenvalue weighted by atomic mass is 10.0. The Kier molecular flexibility index (Phi) is 7.30. The summed E-state index contributed by atoms with van der Waals surface area (Å²) in [6, 6.07) is 9.83. The first-order valence-corrected chi connectivity index (χ1v) is 12.6. The van der Waals surface area contributed by atoms with Gasteiger partial charge in [-0.15, -0.1) is 11.3 Å². The van der Waals surface area contributed by atoms with Crippen LogP contribution in [-0.2, 0) is 13.0 Å². The van der Waals surface area contributed by atoms with Crippen molar-refractivity contribution in [1.29, 1.82) is 0 Å². The van der Waals surface area contributed by atoms with Crippen molar-refractivity contribution < 1.29 is 31.3 Å². The first-order chi connectivity index (χ1) is 18.2. The Morgan fingerprint density at radius 2 is 2.00 bits per heavy atom. The molecular weight excluding hydrogens is 529 g/mol. The number of halogens is 5. The molecule has 2 atom stereocenters. The van der Waals surface area contributed by atoms with Gasteiger partial charge in [-0.25, -0.2) is 8.78 Å². The smallest absolute Gasteiger partial charge is 0.378 e. The van der Waals surface area contributed by atoms with E-state index < -0.39 is 36.5 Å². The molecule has 1 amide bonds. The van der Waals surface area contributed by atoms with E-state index in [4.69, 9.17) is 4.52 Å². The van der Waals surface area contributed by atoms with E-state index in [0.29, 0.717) is 28.7 Å². The largest absolute Gasteiger partial charge is 0.393 e. The van der Waals surface area contributed by atoms with Crippen LogP contribution in [0.25, 0.3) is 20.8 Å². The molecule has 0 saturated carbocycles. The third-order valence-electron chi connectivity index (χ3n) is 6.13. The summed E-state index contributed by atoms with van der Waals surface area (Å²) in [7, 11) is 0. The molecule has 7 nitrogen and oxygen atoms in total. The molecule has 1 saturated heterocycles. The minimum atomic E-state index is -4.51. The van der Waals surface area contributed by atoms with Crippen molar-refractivity contribution in [2.75, 3.05) is 18.4 Å². The minimum Gasteiger partial charge on any atom is -0.378 e. The normalized spacial score (nSPS) is 18.0. The maximum atomic E-state index is 14.4. The van der Waals surface area contributed by atoms with Crippen LogP contribution in [0, 0.1) is 5.82 Å². The van der Waals surface area contributed by atoms with Crippen molar-refractivity contribution in [1.82, 2.24) is 20.8 Å². The molecule has 2 aromatic carbocycles. The Morgan fingerprint density at radius 1 is 1.18 bits per heavy atom. The van der Waals surface area contributed by atoms with Gasteiger partial charge in [0.2, 0.25) is 11.7 Å². The summed E-state index contributed by atoms with van der Waals surface area (Å²) >= 11 is 1.05. The Hall–Kier alpha value is -3.58. The van der Waals surface area contributed by atoms with Crippen LogP contribution >= 0.6 is 11.3 Å². The van der Waals surface area contributed by atoms with Gasteiger partial charge in [-0.1, -0.05) is 29.4 Å². The number of nitrogens with zero attached hydrogens (tertiary/aromatic N) is 2. The molecular formula is C25H22F5N5O2S. The van der Waals surface area contributed by atoms with Crippen LogP contribution in [-0.4, -0.2) is 47.5 Å². The summed E-state index contributed by atoms with van der Waals surface area (Å²) in [6.07, 6.45) is -6.35. The molecule has 4 aromatic rings. The number of hydrogen-bond acceptors (Lipinski definition) is 7. The number of piperidine rings is 1. The highest BCUT2D eigenvalue weighted by Gasteiger charge is 2.33. The van der Waals surface area contributed by atoms with E-state index in [1.165, 1.54) is 18.2 Å². The van der Waals surface area contributed by atoms with Gasteiger partial charge >= 0.3 is 6.18 Å². The van der Waals surface area contributed by atoms with Gasteiger partial charge in [-0.2, -0.15) is 18.2 Å². The molecule has 200 valence electrons. The number of aromatic nitrogens is 2. The molecule has 0 unspecified atom stereocenters. The van der Waals surface area contributed by atoms with Gasteiger partial charge in [0, 0.05) is 6.54 Å². The number of thiophene rings is 1. The molecule has 0 aliphatic carbocycles. The third-order valence-corrected chi connectivity index (χ3v) is 7.41. The van der Waals surface area contributed by atoms with Crippen LogP contribution in [0.15, 0.2) is 47.0 Å². The number of rotatable bonds is 7. The van der Waals surface area contributed by atoms with Gasteiger partial charge in [-0.3, -0.25) is 4.79 Å². The van der Waals surface area contributed by atoms with Gasteiger partial charge in [0.25, 0.3) is 5.91 Å². The zero-order chi connectivity index (χ0) is 26.9. The van der Waals surface area contributed by atoms with Crippen molar-refractivity contribution in [2.24, 2.45) is 0 Å². The van der Waals surface area contributed by atoms with E-state index in [0.717, 1.165) is 17.4 Å². The molecule has 2 aromatic heterocycles. The van der Waals surface area contributed by atoms with E-state index in [-0.39, 0.29) is 40.8 Å². The summed E-state index contributed by atoms with van der Waals surface area (Å²) in [6.45, 7) is 0.573. The van der Waals surface area contributed by atoms with Gasteiger partial charge < -0.3 is 20.5 Å². The Bertz CT molecular complexity index is 1450. The quantitative estimate of drug-likeness (QED) is 0.272. The predicted octanol–water partition coefficient (Wildman–Crippen LogP) is 5.24. The number of amides is 1. The van der Waals surface area contributed by atoms with Gasteiger partial charge in [-0.05, 0) is 42.1 Å². The first kappa shape index (κ1) is 26.0. The molecule has 1 aliphatic rings. The fourth-order valence-electron chi connectivity index (χ4n) is 4.34. The second-order valence-corrected chi connectivity index (χ2v) is 9.84. The molecule has 0 bridgehead atoms. The topological polar surface area (TPSA) is 92.1 Å². The summed E-state index contributed by atoms with van der Waals surface area (Å²) < 4.78 is 74.6. The summed E-state index contributed by atoms with van der Waals surface area (Å²) in [4.78, 5) is 16.6. The highest BCUT2D eigenvalue weighted by atomic mass is 32.1. The van der Waals surface area contributed by atoms with Crippen molar-refractivity contribution in [3.63, 3.8) is 0 Å². The molecule has 3 heterocycles. The van der Waals surface area contributed by atoms with E-state index >= 15 is 0 Å². The van der Waals surface area contributed by atoms with Crippen molar-refractivity contribution in [2.45, 2.75) is 37.8 Å². The number of benzene rings is 2. The fourth-order valence-corrected chi connectivity index (χ4v) is 5.56. The monoisotopic (exact) mass is 551 g/mol. The number of carbonyl (C=O) groups is 1. The molecule has 0 radical (unpaired) electrons. The summed E-state index contributed by atoms with van der Waals surface area (Å²) in [5.74, 6) is -1.54. The lowest BCUT2D eigenvalue weighted by Gasteiger charge is -2.28. The third kappa shape index (κ3) is 5.63. The standard InChI is InChI=1S/C25H22F5N5O2S/c26-16-6-2-1-4-14(16)24(36)32-12-20-34-23(35-37-20)22-15(10-25(28,29)30)13-5-3-7-19(21(13)38-22)33-18-8-9-31-11-17(18)27/h1-7,17-18,31,33H,8-12H2,(H,32,36)/t17-,18+/m0/s1. The Labute approximate surface area is 217 Å². The van der Waals surface area contributed by atoms with Crippen molar-refractivity contribution >= 4 is 33.0 Å². The zero-order valence-electron chi connectivity index (χ0n) is 19.7. The highest BCUT2D eigenvalue weighted by molar-refractivity contribution is 7.23. The van der Waals surface area contributed by atoms with E-state index in [2.05, 4.69) is 26.1 Å². The number of hydrogen-bond donors (Lipinski definition) is 3. The number of anilines is 1. The molecule has 0 spiro atoms. The maximum absolute atomic E-state index is 14.4. The molecule has 1 aliphatic heterocycles. The molecule has 3 N–H and O–H groups in total. The van der Waals surface area contributed by atoms with E-state index in [1.807, 2.05) is 0 Å². The number of fused-ring (bicyclic) bond motifs is 1. The van der Waals surface area contributed by atoms with Crippen LogP contribution in [0.2, 0.25) is 0 Å². The number of alkyl halides is 4. The number of carbonyl (C=O) groups excluding carboxylic acids is 1. The van der Waals surface area contributed by atoms with Crippen molar-refractivity contribution in [3.8, 4) is 10.7 Å².